The number of ether oxygens (including phenoxy) is 1. The van der Waals surface area contributed by atoms with Crippen LogP contribution in [0.2, 0.25) is 0 Å². The second-order valence-corrected chi connectivity index (χ2v) is 8.06. The molecule has 0 spiro atoms. The number of aromatic nitrogens is 1. The zero-order valence-electron chi connectivity index (χ0n) is 18.7. The van der Waals surface area contributed by atoms with Crippen molar-refractivity contribution in [3.05, 3.63) is 84.2 Å². The van der Waals surface area contributed by atoms with Crippen LogP contribution in [0.25, 0.3) is 0 Å². The van der Waals surface area contributed by atoms with Gasteiger partial charge in [-0.05, 0) is 61.3 Å². The lowest BCUT2D eigenvalue weighted by Crippen LogP contribution is -2.51. The third-order valence-electron chi connectivity index (χ3n) is 5.81. The highest BCUT2D eigenvalue weighted by Gasteiger charge is 2.28. The van der Waals surface area contributed by atoms with Gasteiger partial charge in [-0.1, -0.05) is 30.3 Å². The first-order valence-electron chi connectivity index (χ1n) is 11.1. The summed E-state index contributed by atoms with van der Waals surface area (Å²) in [5.41, 5.74) is 1.66. The maximum Gasteiger partial charge on any atom is 0.324 e. The molecule has 7 heteroatoms. The Balaban J connectivity index is 1.56. The SMILES string of the molecule is CN(C(=O)N(Cc1ccc(Oc2ccccc2)cc1)c1cccnc1C=O)C1CCCNC1. The average molecular weight is 445 g/mol. The van der Waals surface area contributed by atoms with Crippen molar-refractivity contribution in [1.82, 2.24) is 15.2 Å². The largest absolute Gasteiger partial charge is 0.457 e. The number of benzene rings is 2. The van der Waals surface area contributed by atoms with Crippen molar-refractivity contribution in [3.63, 3.8) is 0 Å². The molecule has 0 saturated carbocycles. The standard InChI is InChI=1S/C26H28N4O3/c1-29(21-7-5-15-27-17-21)26(32)30(25-10-6-16-28-24(25)19-31)18-20-11-13-23(14-12-20)33-22-8-3-2-4-9-22/h2-4,6,8-14,16,19,21,27H,5,7,15,17-18H2,1H3. The van der Waals surface area contributed by atoms with E-state index in [1.165, 1.54) is 0 Å². The number of anilines is 1. The Bertz CT molecular complexity index is 1070. The second kappa shape index (κ2) is 10.7. The fourth-order valence-electron chi connectivity index (χ4n) is 3.96. The monoisotopic (exact) mass is 444 g/mol. The third kappa shape index (κ3) is 5.56. The smallest absolute Gasteiger partial charge is 0.324 e. The van der Waals surface area contributed by atoms with Crippen LogP contribution in [-0.4, -0.2) is 48.4 Å². The molecule has 1 unspecified atom stereocenters. The molecule has 33 heavy (non-hydrogen) atoms. The Morgan fingerprint density at radius 1 is 1.09 bits per heavy atom. The van der Waals surface area contributed by atoms with Crippen LogP contribution in [0.15, 0.2) is 72.9 Å². The van der Waals surface area contributed by atoms with Crippen molar-refractivity contribution in [2.45, 2.75) is 25.4 Å². The molecular formula is C26H28N4O3. The van der Waals surface area contributed by atoms with Gasteiger partial charge in [0.1, 0.15) is 17.2 Å². The molecule has 7 nitrogen and oxygen atoms in total. The van der Waals surface area contributed by atoms with Crippen molar-refractivity contribution in [2.24, 2.45) is 0 Å². The number of likely N-dealkylation sites (N-methyl/N-ethyl adjacent to an activating group) is 1. The quantitative estimate of drug-likeness (QED) is 0.543. The van der Waals surface area contributed by atoms with Crippen LogP contribution in [0.1, 0.15) is 28.9 Å². The number of carbonyl (C=O) groups is 2. The van der Waals surface area contributed by atoms with Crippen molar-refractivity contribution >= 4 is 18.0 Å². The molecule has 4 rings (SSSR count). The van der Waals surface area contributed by atoms with Crippen LogP contribution in [0.3, 0.4) is 0 Å². The molecule has 0 bridgehead atoms. The van der Waals surface area contributed by atoms with Gasteiger partial charge in [0.2, 0.25) is 0 Å². The van der Waals surface area contributed by atoms with Gasteiger partial charge in [-0.15, -0.1) is 0 Å². The summed E-state index contributed by atoms with van der Waals surface area (Å²) in [5, 5.41) is 3.35. The fourth-order valence-corrected chi connectivity index (χ4v) is 3.96. The van der Waals surface area contributed by atoms with Gasteiger partial charge in [-0.3, -0.25) is 14.7 Å². The van der Waals surface area contributed by atoms with E-state index in [-0.39, 0.29) is 17.8 Å². The maximum atomic E-state index is 13.6. The summed E-state index contributed by atoms with van der Waals surface area (Å²) in [6.07, 6.45) is 4.22. The predicted octanol–water partition coefficient (Wildman–Crippen LogP) is 4.50. The van der Waals surface area contributed by atoms with E-state index in [2.05, 4.69) is 10.3 Å². The number of hydrogen-bond acceptors (Lipinski definition) is 5. The van der Waals surface area contributed by atoms with Gasteiger partial charge < -0.3 is 15.0 Å². The molecule has 2 aromatic carbocycles. The fraction of sp³-hybridized carbons (Fsp3) is 0.269. The highest BCUT2D eigenvalue weighted by molar-refractivity contribution is 5.96. The number of pyridine rings is 1. The van der Waals surface area contributed by atoms with Crippen LogP contribution >= 0.6 is 0 Å². The summed E-state index contributed by atoms with van der Waals surface area (Å²) >= 11 is 0. The maximum absolute atomic E-state index is 13.6. The molecule has 1 saturated heterocycles. The lowest BCUT2D eigenvalue weighted by molar-refractivity contribution is 0.111. The summed E-state index contributed by atoms with van der Waals surface area (Å²) < 4.78 is 5.87. The molecule has 2 heterocycles. The molecule has 2 amide bonds. The molecule has 1 aromatic heterocycles. The molecule has 0 radical (unpaired) electrons. The molecular weight excluding hydrogens is 416 g/mol. The Kier molecular flexibility index (Phi) is 7.32. The lowest BCUT2D eigenvalue weighted by Gasteiger charge is -2.36. The van der Waals surface area contributed by atoms with Crippen LogP contribution in [0.4, 0.5) is 10.5 Å². The van der Waals surface area contributed by atoms with Crippen LogP contribution in [-0.2, 0) is 6.54 Å². The minimum atomic E-state index is -0.163. The van der Waals surface area contributed by atoms with Crippen LogP contribution in [0.5, 0.6) is 11.5 Å². The van der Waals surface area contributed by atoms with E-state index in [0.29, 0.717) is 24.3 Å². The Morgan fingerprint density at radius 3 is 2.55 bits per heavy atom. The molecule has 1 aliphatic rings. The Labute approximate surface area is 194 Å². The summed E-state index contributed by atoms with van der Waals surface area (Å²) in [6.45, 7) is 2.04. The highest BCUT2D eigenvalue weighted by Crippen LogP contribution is 2.25. The average Bonchev–Trinajstić information content (AvgIpc) is 2.88. The summed E-state index contributed by atoms with van der Waals surface area (Å²) in [4.78, 5) is 32.8. The number of hydrogen-bond donors (Lipinski definition) is 1. The van der Waals surface area contributed by atoms with Crippen molar-refractivity contribution in [2.75, 3.05) is 25.0 Å². The normalized spacial score (nSPS) is 15.5. The minimum absolute atomic E-state index is 0.103. The number of amides is 2. The number of rotatable bonds is 7. The van der Waals surface area contributed by atoms with Crippen molar-refractivity contribution in [1.29, 1.82) is 0 Å². The number of aldehydes is 1. The van der Waals surface area contributed by atoms with Gasteiger partial charge in [-0.2, -0.15) is 0 Å². The minimum Gasteiger partial charge on any atom is -0.457 e. The van der Waals surface area contributed by atoms with E-state index in [1.54, 1.807) is 28.1 Å². The number of para-hydroxylation sites is 1. The lowest BCUT2D eigenvalue weighted by atomic mass is 10.1. The predicted molar refractivity (Wildman–Crippen MR) is 128 cm³/mol. The Hall–Kier alpha value is -3.71. The molecule has 1 atom stereocenters. The van der Waals surface area contributed by atoms with Gasteiger partial charge >= 0.3 is 6.03 Å². The molecule has 1 aliphatic heterocycles. The molecule has 170 valence electrons. The number of carbonyl (C=O) groups excluding carboxylic acids is 2. The van der Waals surface area contributed by atoms with Gasteiger partial charge in [0.05, 0.1) is 12.2 Å². The van der Waals surface area contributed by atoms with E-state index in [0.717, 1.165) is 37.2 Å². The van der Waals surface area contributed by atoms with Crippen LogP contribution in [0, 0.1) is 0 Å². The topological polar surface area (TPSA) is 74.8 Å². The van der Waals surface area contributed by atoms with E-state index in [9.17, 15) is 9.59 Å². The van der Waals surface area contributed by atoms with Gasteiger partial charge in [0.15, 0.2) is 6.29 Å². The zero-order valence-corrected chi connectivity index (χ0v) is 18.7. The van der Waals surface area contributed by atoms with E-state index in [1.807, 2.05) is 61.6 Å². The molecule has 1 N–H and O–H groups in total. The first-order chi connectivity index (χ1) is 16.2. The highest BCUT2D eigenvalue weighted by atomic mass is 16.5. The molecule has 3 aromatic rings. The summed E-state index contributed by atoms with van der Waals surface area (Å²) in [5.74, 6) is 1.47. The van der Waals surface area contributed by atoms with Gasteiger partial charge in [0.25, 0.3) is 0 Å². The first kappa shape index (κ1) is 22.5. The van der Waals surface area contributed by atoms with Gasteiger partial charge in [0, 0.05) is 25.8 Å². The van der Waals surface area contributed by atoms with E-state index >= 15 is 0 Å². The first-order valence-corrected chi connectivity index (χ1v) is 11.1. The number of nitrogens with one attached hydrogen (secondary N) is 1. The Morgan fingerprint density at radius 2 is 1.85 bits per heavy atom. The van der Waals surface area contributed by atoms with Crippen LogP contribution < -0.4 is 15.0 Å². The van der Waals surface area contributed by atoms with E-state index in [4.69, 9.17) is 4.74 Å². The number of piperidine rings is 1. The number of nitrogens with zero attached hydrogens (tertiary/aromatic N) is 3. The van der Waals surface area contributed by atoms with E-state index < -0.39 is 0 Å². The summed E-state index contributed by atoms with van der Waals surface area (Å²) in [7, 11) is 1.82. The van der Waals surface area contributed by atoms with Crippen molar-refractivity contribution in [3.8, 4) is 11.5 Å². The third-order valence-corrected chi connectivity index (χ3v) is 5.81. The van der Waals surface area contributed by atoms with Gasteiger partial charge in [-0.25, -0.2) is 4.79 Å². The number of urea groups is 1. The zero-order chi connectivity index (χ0) is 23.0. The molecule has 1 fully saturated rings. The second-order valence-electron chi connectivity index (χ2n) is 8.06. The molecule has 0 aliphatic carbocycles. The van der Waals surface area contributed by atoms with Crippen molar-refractivity contribution < 1.29 is 14.3 Å². The summed E-state index contributed by atoms with van der Waals surface area (Å²) in [6, 6.07) is 20.6.